The molecule has 0 saturated carbocycles. The van der Waals surface area contributed by atoms with Gasteiger partial charge in [-0.3, -0.25) is 4.68 Å². The monoisotopic (exact) mass is 459 g/mol. The van der Waals surface area contributed by atoms with Crippen LogP contribution in [0.1, 0.15) is 38.4 Å². The summed E-state index contributed by atoms with van der Waals surface area (Å²) in [5.41, 5.74) is 1.64. The summed E-state index contributed by atoms with van der Waals surface area (Å²) >= 11 is 0. The molecule has 0 bridgehead atoms. The van der Waals surface area contributed by atoms with Gasteiger partial charge in [-0.15, -0.1) is 5.10 Å². The van der Waals surface area contributed by atoms with Crippen LogP contribution in [0.4, 0.5) is 11.6 Å². The molecule has 0 amide bonds. The molecule has 10 nitrogen and oxygen atoms in total. The van der Waals surface area contributed by atoms with Crippen LogP contribution in [-0.2, 0) is 14.7 Å². The third kappa shape index (κ3) is 4.16. The lowest BCUT2D eigenvalue weighted by Crippen LogP contribution is -2.56. The van der Waals surface area contributed by atoms with Crippen LogP contribution < -0.4 is 10.1 Å². The molecule has 5 rings (SSSR count). The maximum absolute atomic E-state index is 9.72. The van der Waals surface area contributed by atoms with E-state index in [0.29, 0.717) is 43.0 Å². The van der Waals surface area contributed by atoms with Gasteiger partial charge in [0.05, 0.1) is 12.8 Å². The van der Waals surface area contributed by atoms with Gasteiger partial charge in [-0.2, -0.15) is 10.2 Å². The van der Waals surface area contributed by atoms with Crippen LogP contribution in [0.25, 0.3) is 11.0 Å². The molecule has 2 aliphatic rings. The molecule has 3 aromatic rings. The number of rotatable bonds is 6. The zero-order valence-corrected chi connectivity index (χ0v) is 20.3. The van der Waals surface area contributed by atoms with Gasteiger partial charge in [0, 0.05) is 30.8 Å². The Morgan fingerprint density at radius 1 is 1.29 bits per heavy atom. The molecule has 1 atom stereocenters. The Morgan fingerprint density at radius 3 is 2.68 bits per heavy atom. The van der Waals surface area contributed by atoms with Gasteiger partial charge in [0.2, 0.25) is 5.95 Å². The normalized spacial score (nSPS) is 20.6. The largest absolute Gasteiger partial charge is 0.466 e. The fourth-order valence-electron chi connectivity index (χ4n) is 4.26. The van der Waals surface area contributed by atoms with E-state index in [-0.39, 0.29) is 23.0 Å². The summed E-state index contributed by atoms with van der Waals surface area (Å²) in [6, 6.07) is 4.33. The van der Waals surface area contributed by atoms with E-state index >= 15 is 0 Å². The Morgan fingerprint density at radius 2 is 2.06 bits per heavy atom. The van der Waals surface area contributed by atoms with Crippen LogP contribution in [0.5, 0.6) is 5.88 Å². The van der Waals surface area contributed by atoms with Crippen LogP contribution in [0.3, 0.4) is 0 Å². The smallest absolute Gasteiger partial charge is 0.257 e. The quantitative estimate of drug-likeness (QED) is 0.497. The van der Waals surface area contributed by atoms with E-state index in [0.717, 1.165) is 23.9 Å². The highest BCUT2D eigenvalue weighted by atomic mass is 16.6. The van der Waals surface area contributed by atoms with Crippen molar-refractivity contribution in [2.75, 3.05) is 25.1 Å². The summed E-state index contributed by atoms with van der Waals surface area (Å²) in [4.78, 5) is 9.30. The number of fused-ring (bicyclic) bond motifs is 1. The number of nitriles is 1. The minimum Gasteiger partial charge on any atom is -0.466 e. The van der Waals surface area contributed by atoms with E-state index in [9.17, 15) is 5.26 Å². The number of aromatic nitrogens is 5. The molecule has 0 aromatic carbocycles. The van der Waals surface area contributed by atoms with E-state index in [1.54, 1.807) is 6.20 Å². The summed E-state index contributed by atoms with van der Waals surface area (Å²) < 4.78 is 21.3. The first-order valence-electron chi connectivity index (χ1n) is 11.7. The number of nitrogens with one attached hydrogen (secondary N) is 1. The molecule has 0 aliphatic carbocycles. The summed E-state index contributed by atoms with van der Waals surface area (Å²) in [7, 11) is 6.24. The average molecular weight is 459 g/mol. The van der Waals surface area contributed by atoms with E-state index < -0.39 is 0 Å². The fraction of sp³-hybridized carbons (Fsp3) is 0.524. The predicted molar refractivity (Wildman–Crippen MR) is 135 cm³/mol. The first-order valence-corrected chi connectivity index (χ1v) is 11.7. The van der Waals surface area contributed by atoms with Crippen LogP contribution in [0, 0.1) is 11.3 Å². The van der Waals surface area contributed by atoms with Crippen molar-refractivity contribution in [1.29, 1.82) is 5.26 Å². The maximum atomic E-state index is 9.72. The van der Waals surface area contributed by atoms with Crippen LogP contribution in [-0.4, -0.2) is 79.4 Å². The Kier molecular flexibility index (Phi) is 5.61. The maximum Gasteiger partial charge on any atom is 0.257 e. The van der Waals surface area contributed by atoms with Gasteiger partial charge < -0.3 is 24.1 Å². The molecular weight excluding hydrogens is 431 g/mol. The molecule has 2 saturated heterocycles. The van der Waals surface area contributed by atoms with E-state index in [4.69, 9.17) is 24.3 Å². The average Bonchev–Trinajstić information content (AvgIpc) is 3.38. The van der Waals surface area contributed by atoms with Crippen molar-refractivity contribution >= 4 is 46.2 Å². The Bertz CT molecular complexity index is 1250. The number of ether oxygens (including phenoxy) is 3. The van der Waals surface area contributed by atoms with Crippen LogP contribution >= 0.6 is 0 Å². The van der Waals surface area contributed by atoms with Gasteiger partial charge in [-0.25, -0.2) is 4.98 Å². The highest BCUT2D eigenvalue weighted by Gasteiger charge is 2.43. The van der Waals surface area contributed by atoms with E-state index in [1.807, 2.05) is 35.4 Å². The van der Waals surface area contributed by atoms with Crippen molar-refractivity contribution in [3.8, 4) is 11.9 Å². The van der Waals surface area contributed by atoms with Crippen molar-refractivity contribution in [2.24, 2.45) is 0 Å². The number of hydrogen-bond acceptors (Lipinski definition) is 8. The first kappa shape index (κ1) is 22.8. The summed E-state index contributed by atoms with van der Waals surface area (Å²) in [5.74, 6) is 0.906. The topological polar surface area (TPSA) is 112 Å². The minimum absolute atomic E-state index is 0.0938. The lowest BCUT2D eigenvalue weighted by molar-refractivity contribution is -0.208. The second kappa shape index (κ2) is 8.36. The summed E-state index contributed by atoms with van der Waals surface area (Å²) in [6.45, 7) is 5.89. The molecular formula is C21H28B3N7O3. The third-order valence-electron chi connectivity index (χ3n) is 6.50. The molecule has 1 unspecified atom stereocenters. The SMILES string of the molecule is BC(B)(B)n1cc(Nc2ncc3cc(C#N)n(C4CCOCC4)c3n2)c(OC2COC2(C)C)n1. The first-order chi connectivity index (χ1) is 16.2. The predicted octanol–water partition coefficient (Wildman–Crippen LogP) is -0.382. The number of hydrogen-bond donors (Lipinski definition) is 1. The van der Waals surface area contributed by atoms with Crippen molar-refractivity contribution in [2.45, 2.75) is 49.7 Å². The van der Waals surface area contributed by atoms with Gasteiger partial charge in [-0.05, 0) is 38.0 Å². The molecule has 1 N–H and O–H groups in total. The van der Waals surface area contributed by atoms with Gasteiger partial charge in [-0.1, -0.05) is 0 Å². The third-order valence-corrected chi connectivity index (χ3v) is 6.50. The van der Waals surface area contributed by atoms with Gasteiger partial charge in [0.15, 0.2) is 6.10 Å². The molecule has 174 valence electrons. The van der Waals surface area contributed by atoms with E-state index in [1.165, 1.54) is 0 Å². The highest BCUT2D eigenvalue weighted by Crippen LogP contribution is 2.35. The molecule has 5 heterocycles. The standard InChI is InChI=1S/C21H28B3N7O3/c1-20(2)16(11-33-20)34-18-15(10-30(29-18)21(22,23)24)27-19-26-9-12-7-14(8-25)31(17(12)28-19)13-3-5-32-6-4-13/h7,9-10,13,16H,3-6,11,22-24H2,1-2H3,(H,26,27,28). The summed E-state index contributed by atoms with van der Waals surface area (Å²) in [5, 5.41) is 18.3. The second-order valence-electron chi connectivity index (χ2n) is 10.4. The Balaban J connectivity index is 1.50. The zero-order chi connectivity index (χ0) is 24.1. The Hall–Kier alpha value is -2.97. The van der Waals surface area contributed by atoms with E-state index in [2.05, 4.69) is 39.9 Å². The van der Waals surface area contributed by atoms with Gasteiger partial charge >= 0.3 is 0 Å². The molecule has 3 aromatic heterocycles. The van der Waals surface area contributed by atoms with Crippen LogP contribution in [0.2, 0.25) is 0 Å². The minimum atomic E-state index is -0.365. The molecule has 2 fully saturated rings. The molecule has 0 spiro atoms. The molecule has 13 heteroatoms. The molecule has 34 heavy (non-hydrogen) atoms. The van der Waals surface area contributed by atoms with Gasteiger partial charge in [0.25, 0.3) is 5.88 Å². The lowest BCUT2D eigenvalue weighted by Gasteiger charge is -2.43. The highest BCUT2D eigenvalue weighted by molar-refractivity contribution is 6.56. The van der Waals surface area contributed by atoms with Crippen molar-refractivity contribution in [3.05, 3.63) is 24.2 Å². The zero-order valence-electron chi connectivity index (χ0n) is 20.3. The number of anilines is 2. The van der Waals surface area contributed by atoms with Crippen LogP contribution in [0.15, 0.2) is 18.5 Å². The van der Waals surface area contributed by atoms with Crippen molar-refractivity contribution < 1.29 is 14.2 Å². The Labute approximate surface area is 201 Å². The second-order valence-corrected chi connectivity index (χ2v) is 10.4. The fourth-order valence-corrected chi connectivity index (χ4v) is 4.26. The molecule has 0 radical (unpaired) electrons. The number of nitrogens with zero attached hydrogens (tertiary/aromatic N) is 6. The van der Waals surface area contributed by atoms with Gasteiger partial charge in [0.1, 0.15) is 52.2 Å². The van der Waals surface area contributed by atoms with Crippen molar-refractivity contribution in [3.63, 3.8) is 0 Å². The molecule has 2 aliphatic heterocycles. The summed E-state index contributed by atoms with van der Waals surface area (Å²) in [6.07, 6.45) is 5.26. The van der Waals surface area contributed by atoms with Crippen molar-refractivity contribution in [1.82, 2.24) is 24.3 Å². The lowest BCUT2D eigenvalue weighted by atomic mass is 9.49.